The molecule has 0 bridgehead atoms. The van der Waals surface area contributed by atoms with Gasteiger partial charge in [0.2, 0.25) is 0 Å². The van der Waals surface area contributed by atoms with Gasteiger partial charge in [0.15, 0.2) is 0 Å². The maximum Gasteiger partial charge on any atom is 0.258 e. The minimum Gasteiger partial charge on any atom is -0.493 e. The summed E-state index contributed by atoms with van der Waals surface area (Å²) in [5, 5.41) is 2.61. The van der Waals surface area contributed by atoms with E-state index in [1.54, 1.807) is 18.2 Å². The first-order valence-corrected chi connectivity index (χ1v) is 11.8. The van der Waals surface area contributed by atoms with Crippen LogP contribution in [0.5, 0.6) is 5.75 Å². The predicted octanol–water partition coefficient (Wildman–Crippen LogP) is 5.66. The van der Waals surface area contributed by atoms with E-state index in [0.29, 0.717) is 35.6 Å². The van der Waals surface area contributed by atoms with Gasteiger partial charge in [-0.05, 0) is 55.4 Å². The Balaban J connectivity index is 1.52. The molecule has 0 radical (unpaired) electrons. The first-order valence-electron chi connectivity index (χ1n) is 11.8. The Morgan fingerprint density at radius 1 is 1.03 bits per heavy atom. The van der Waals surface area contributed by atoms with Gasteiger partial charge in [0.1, 0.15) is 17.4 Å². The molecule has 2 atom stereocenters. The highest BCUT2D eigenvalue weighted by atomic mass is 19.1. The van der Waals surface area contributed by atoms with Gasteiger partial charge >= 0.3 is 0 Å². The van der Waals surface area contributed by atoms with Crippen LogP contribution in [-0.4, -0.2) is 36.4 Å². The van der Waals surface area contributed by atoms with Crippen molar-refractivity contribution in [2.24, 2.45) is 11.8 Å². The fraction of sp³-hybridized carbons (Fsp3) is 0.462. The number of ether oxygens (including phenoxy) is 1. The van der Waals surface area contributed by atoms with Crippen molar-refractivity contribution in [3.05, 3.63) is 59.2 Å². The highest BCUT2D eigenvalue weighted by molar-refractivity contribution is 6.05. The van der Waals surface area contributed by atoms with Gasteiger partial charge in [-0.1, -0.05) is 26.2 Å². The van der Waals surface area contributed by atoms with Crippen molar-refractivity contribution < 1.29 is 23.1 Å². The lowest BCUT2D eigenvalue weighted by molar-refractivity contribution is 0.0517. The first-order chi connectivity index (χ1) is 16.0. The topological polar surface area (TPSA) is 58.6 Å². The SMILES string of the molecule is CCCOc1cc(NC(=O)c2ccc(F)cc2F)ccc1C(=O)N1CC[C@H]2CCCC[C@H]2C1. The Morgan fingerprint density at radius 2 is 1.79 bits per heavy atom. The molecule has 2 amide bonds. The van der Waals surface area contributed by atoms with Crippen molar-refractivity contribution in [3.8, 4) is 5.75 Å². The van der Waals surface area contributed by atoms with E-state index in [1.165, 1.54) is 25.7 Å². The molecule has 1 saturated heterocycles. The van der Waals surface area contributed by atoms with Crippen LogP contribution in [0.2, 0.25) is 0 Å². The molecular formula is C26H30F2N2O3. The predicted molar refractivity (Wildman–Crippen MR) is 123 cm³/mol. The van der Waals surface area contributed by atoms with E-state index >= 15 is 0 Å². The van der Waals surface area contributed by atoms with Gasteiger partial charge in [-0.2, -0.15) is 0 Å². The number of hydrogen-bond donors (Lipinski definition) is 1. The number of likely N-dealkylation sites (tertiary alicyclic amines) is 1. The summed E-state index contributed by atoms with van der Waals surface area (Å²) in [6.45, 7) is 3.92. The van der Waals surface area contributed by atoms with Crippen LogP contribution in [0.3, 0.4) is 0 Å². The maximum atomic E-state index is 14.0. The molecule has 1 saturated carbocycles. The third-order valence-corrected chi connectivity index (χ3v) is 6.69. The molecule has 0 aromatic heterocycles. The molecule has 33 heavy (non-hydrogen) atoms. The molecule has 176 valence electrons. The summed E-state index contributed by atoms with van der Waals surface area (Å²) in [5.74, 6) is -0.763. The van der Waals surface area contributed by atoms with Crippen molar-refractivity contribution >= 4 is 17.5 Å². The summed E-state index contributed by atoms with van der Waals surface area (Å²) >= 11 is 0. The van der Waals surface area contributed by atoms with Crippen molar-refractivity contribution in [2.75, 3.05) is 25.0 Å². The Bertz CT molecular complexity index is 1030. The average Bonchev–Trinajstić information content (AvgIpc) is 2.82. The number of carbonyl (C=O) groups excluding carboxylic acids is 2. The molecule has 2 aliphatic rings. The largest absolute Gasteiger partial charge is 0.493 e. The van der Waals surface area contributed by atoms with Crippen molar-refractivity contribution in [1.29, 1.82) is 0 Å². The fourth-order valence-electron chi connectivity index (χ4n) is 4.94. The number of hydrogen-bond acceptors (Lipinski definition) is 3. The number of carbonyl (C=O) groups is 2. The number of amides is 2. The molecule has 7 heteroatoms. The normalized spacial score (nSPS) is 20.2. The van der Waals surface area contributed by atoms with E-state index in [0.717, 1.165) is 44.0 Å². The second-order valence-corrected chi connectivity index (χ2v) is 8.98. The van der Waals surface area contributed by atoms with E-state index < -0.39 is 17.5 Å². The van der Waals surface area contributed by atoms with Gasteiger partial charge in [-0.15, -0.1) is 0 Å². The van der Waals surface area contributed by atoms with Gasteiger partial charge in [-0.25, -0.2) is 8.78 Å². The summed E-state index contributed by atoms with van der Waals surface area (Å²) in [6.07, 6.45) is 6.77. The van der Waals surface area contributed by atoms with Crippen LogP contribution in [0.25, 0.3) is 0 Å². The van der Waals surface area contributed by atoms with Gasteiger partial charge in [0.25, 0.3) is 11.8 Å². The molecule has 0 spiro atoms. The minimum atomic E-state index is -0.937. The van der Waals surface area contributed by atoms with Crippen LogP contribution in [-0.2, 0) is 0 Å². The van der Waals surface area contributed by atoms with Crippen LogP contribution in [0.1, 0.15) is 66.2 Å². The molecule has 0 unspecified atom stereocenters. The smallest absolute Gasteiger partial charge is 0.258 e. The Kier molecular flexibility index (Phi) is 7.26. The number of halogens is 2. The first kappa shape index (κ1) is 23.2. The summed E-state index contributed by atoms with van der Waals surface area (Å²) in [7, 11) is 0. The molecule has 5 nitrogen and oxygen atoms in total. The third kappa shape index (κ3) is 5.34. The Morgan fingerprint density at radius 3 is 2.55 bits per heavy atom. The highest BCUT2D eigenvalue weighted by Gasteiger charge is 2.34. The standard InChI is InChI=1S/C26H30F2N2O3/c1-2-13-33-24-15-20(29-25(31)21-9-7-19(27)14-23(21)28)8-10-22(24)26(32)30-12-11-17-5-3-4-6-18(17)16-30/h7-10,14-15,17-18H,2-6,11-13,16H2,1H3,(H,29,31)/t17-,18+/m1/s1. The van der Waals surface area contributed by atoms with Gasteiger partial charge < -0.3 is 15.0 Å². The van der Waals surface area contributed by atoms with E-state index in [1.807, 2.05) is 11.8 Å². The quantitative estimate of drug-likeness (QED) is 0.610. The summed E-state index contributed by atoms with van der Waals surface area (Å²) in [5.41, 5.74) is 0.573. The molecule has 2 aromatic rings. The lowest BCUT2D eigenvalue weighted by Crippen LogP contribution is -2.44. The zero-order chi connectivity index (χ0) is 23.4. The van der Waals surface area contributed by atoms with Crippen molar-refractivity contribution in [3.63, 3.8) is 0 Å². The number of benzene rings is 2. The van der Waals surface area contributed by atoms with E-state index in [2.05, 4.69) is 5.32 Å². The summed E-state index contributed by atoms with van der Waals surface area (Å²) in [4.78, 5) is 27.8. The molecule has 4 rings (SSSR count). The Labute approximate surface area is 193 Å². The van der Waals surface area contributed by atoms with Crippen LogP contribution in [0.4, 0.5) is 14.5 Å². The second-order valence-electron chi connectivity index (χ2n) is 8.98. The number of anilines is 1. The fourth-order valence-corrected chi connectivity index (χ4v) is 4.94. The lowest BCUT2D eigenvalue weighted by atomic mass is 9.75. The van der Waals surface area contributed by atoms with Gasteiger partial charge in [-0.3, -0.25) is 9.59 Å². The number of rotatable bonds is 6. The number of nitrogens with one attached hydrogen (secondary N) is 1. The second kappa shape index (κ2) is 10.3. The van der Waals surface area contributed by atoms with Crippen LogP contribution in [0.15, 0.2) is 36.4 Å². The van der Waals surface area contributed by atoms with Crippen LogP contribution in [0, 0.1) is 23.5 Å². The van der Waals surface area contributed by atoms with Crippen LogP contribution < -0.4 is 10.1 Å². The zero-order valence-corrected chi connectivity index (χ0v) is 18.9. The van der Waals surface area contributed by atoms with Crippen molar-refractivity contribution in [1.82, 2.24) is 4.90 Å². The van der Waals surface area contributed by atoms with Gasteiger partial charge in [0, 0.05) is 30.9 Å². The van der Waals surface area contributed by atoms with Crippen LogP contribution >= 0.6 is 0 Å². The maximum absolute atomic E-state index is 14.0. The number of piperidine rings is 1. The van der Waals surface area contributed by atoms with E-state index in [-0.39, 0.29) is 11.5 Å². The molecule has 2 aromatic carbocycles. The van der Waals surface area contributed by atoms with Gasteiger partial charge in [0.05, 0.1) is 17.7 Å². The molecule has 1 aliphatic carbocycles. The molecule has 1 N–H and O–H groups in total. The van der Waals surface area contributed by atoms with Crippen molar-refractivity contribution in [2.45, 2.75) is 45.4 Å². The monoisotopic (exact) mass is 456 g/mol. The lowest BCUT2D eigenvalue weighted by Gasteiger charge is -2.41. The average molecular weight is 457 g/mol. The molecule has 1 heterocycles. The molecule has 2 fully saturated rings. The van der Waals surface area contributed by atoms with E-state index in [4.69, 9.17) is 4.74 Å². The molecule has 1 aliphatic heterocycles. The summed E-state index contributed by atoms with van der Waals surface area (Å²) < 4.78 is 33.0. The molecular weight excluding hydrogens is 426 g/mol. The minimum absolute atomic E-state index is 0.0624. The number of nitrogens with zero attached hydrogens (tertiary/aromatic N) is 1. The van der Waals surface area contributed by atoms with E-state index in [9.17, 15) is 18.4 Å². The Hall–Kier alpha value is -2.96. The zero-order valence-electron chi connectivity index (χ0n) is 18.9. The number of fused-ring (bicyclic) bond motifs is 1. The summed E-state index contributed by atoms with van der Waals surface area (Å²) in [6, 6.07) is 7.65. The third-order valence-electron chi connectivity index (χ3n) is 6.69. The highest BCUT2D eigenvalue weighted by Crippen LogP contribution is 2.37.